The van der Waals surface area contributed by atoms with Gasteiger partial charge in [-0.3, -0.25) is 51.7 Å². The molecule has 5 aromatic heterocycles. The normalized spacial score (nSPS) is 29.8. The highest BCUT2D eigenvalue weighted by Gasteiger charge is 2.58. The fourth-order valence-corrected chi connectivity index (χ4v) is 14.0. The average molecular weight is 1180 g/mol. The molecule has 8 heterocycles. The van der Waals surface area contributed by atoms with Crippen LogP contribution in [0.1, 0.15) is 25.1 Å². The summed E-state index contributed by atoms with van der Waals surface area (Å²) in [5, 5.41) is 33.3. The summed E-state index contributed by atoms with van der Waals surface area (Å²) in [4.78, 5) is 115. The van der Waals surface area contributed by atoms with Crippen LogP contribution >= 0.6 is 31.1 Å². The number of carbonyl (C=O) groups excluding carboxylic acids is 1. The smallest absolute Gasteiger partial charge is 0.387 e. The second kappa shape index (κ2) is 21.8. The number of rotatable bonds is 20. The molecule has 0 aliphatic carbocycles. The Morgan fingerprint density at radius 2 is 1.40 bits per heavy atom. The molecule has 0 aromatic carbocycles. The van der Waals surface area contributed by atoms with Gasteiger partial charge in [0.1, 0.15) is 48.1 Å². The first-order valence-corrected chi connectivity index (χ1v) is 28.3. The first-order valence-electron chi connectivity index (χ1n) is 22.1. The van der Waals surface area contributed by atoms with Crippen LogP contribution in [0.3, 0.4) is 0 Å². The number of amides is 1. The second-order valence-electron chi connectivity index (χ2n) is 17.6. The molecule has 3 saturated heterocycles. The Hall–Kier alpha value is -5.27. The van der Waals surface area contributed by atoms with Crippen LogP contribution in [0.25, 0.3) is 22.3 Å². The third-order valence-corrected chi connectivity index (χ3v) is 18.4. The van der Waals surface area contributed by atoms with E-state index in [2.05, 4.69) is 38.5 Å². The van der Waals surface area contributed by atoms with Gasteiger partial charge in [0.15, 0.2) is 29.9 Å². The van der Waals surface area contributed by atoms with E-state index in [1.54, 1.807) is 0 Å². The number of aliphatic hydroxyl groups is 3. The number of nitrogens with one attached hydrogen (secondary N) is 2. The van der Waals surface area contributed by atoms with E-state index in [1.807, 2.05) is 0 Å². The first kappa shape index (κ1) is 57.9. The zero-order valence-corrected chi connectivity index (χ0v) is 43.8. The molecule has 1 amide bonds. The van der Waals surface area contributed by atoms with E-state index in [4.69, 9.17) is 49.7 Å². The van der Waals surface area contributed by atoms with E-state index in [9.17, 15) is 72.3 Å². The quantitative estimate of drug-likeness (QED) is 0.0258. The minimum absolute atomic E-state index is 0.0151. The number of H-pyrrole nitrogens is 2. The average Bonchev–Trinajstić information content (AvgIpc) is 4.14. The molecular formula is C35H51N14O24P4+. The van der Waals surface area contributed by atoms with E-state index in [1.165, 1.54) is 36.6 Å². The standard InChI is InChI=1S/C35H50N14O24P4/c1-45(2)18(50)7-13-14(69-30(21(13)51)49-12-46(3)20-27(49)42-34(38)44-29(20)55)8-67-75(59,60)72-77(63,64)73-76(61,62)68-10-16-25(24(65-4)32(71-16)47-6-5-17(36)40-35(47)56)74(57,58)66-9-15-22(52)23(53)31(70-15)48-11-39-19-26(48)41-33(37)43-28(19)54/h5-6,11-16,21-25,30-32,51-53H,7-10H2,1-4H3,(H11-,36,37,38,40,41,42,43,44,54,55,56,57,58,59,60,61,62,63,64)/p+1/t13-,14-,15-,16-,21-,22-,23-,24-,25-,30-,31-,32-/m1/s1. The number of aromatic nitrogens is 10. The summed E-state index contributed by atoms with van der Waals surface area (Å²) in [5.41, 5.74) is 12.0. The number of nitrogens with zero attached hydrogens (tertiary/aromatic N) is 9. The summed E-state index contributed by atoms with van der Waals surface area (Å²) < 4.78 is 105. The predicted octanol–water partition coefficient (Wildman–Crippen LogP) is -4.49. The number of imidazole rings is 2. The van der Waals surface area contributed by atoms with E-state index in [-0.39, 0.29) is 40.0 Å². The maximum absolute atomic E-state index is 14.3. The molecule has 0 spiro atoms. The van der Waals surface area contributed by atoms with Crippen molar-refractivity contribution in [3.8, 4) is 0 Å². The lowest BCUT2D eigenvalue weighted by Gasteiger charge is -2.28. The minimum atomic E-state index is -6.27. The van der Waals surface area contributed by atoms with Gasteiger partial charge in [0.2, 0.25) is 23.6 Å². The lowest BCUT2D eigenvalue weighted by atomic mass is 9.94. The van der Waals surface area contributed by atoms with Crippen LogP contribution in [0.15, 0.2) is 39.3 Å². The van der Waals surface area contributed by atoms with Crippen LogP contribution in [-0.4, -0.2) is 179 Å². The largest absolute Gasteiger partial charge is 0.490 e. The van der Waals surface area contributed by atoms with E-state index in [0.29, 0.717) is 0 Å². The molecule has 42 heteroatoms. The molecule has 424 valence electrons. The number of carbonyl (C=O) groups is 1. The number of ether oxygens (including phenoxy) is 4. The van der Waals surface area contributed by atoms with Crippen molar-refractivity contribution in [3.63, 3.8) is 0 Å². The number of nitrogens with two attached hydrogens (primary N) is 3. The zero-order valence-electron chi connectivity index (χ0n) is 40.2. The molecule has 0 radical (unpaired) electrons. The van der Waals surface area contributed by atoms with Gasteiger partial charge in [-0.25, -0.2) is 28.0 Å². The Kier molecular flexibility index (Phi) is 16.4. The Labute approximate surface area is 429 Å². The molecule has 3 fully saturated rings. The fourth-order valence-electron chi connectivity index (χ4n) is 8.78. The van der Waals surface area contributed by atoms with Gasteiger partial charge >= 0.3 is 42.4 Å². The van der Waals surface area contributed by atoms with Crippen molar-refractivity contribution in [1.82, 2.24) is 48.5 Å². The van der Waals surface area contributed by atoms with Crippen LogP contribution in [0.4, 0.5) is 17.7 Å². The molecule has 4 unspecified atom stereocenters. The number of aromatic amines is 2. The third kappa shape index (κ3) is 12.0. The molecule has 5 aromatic rings. The number of hydrogen-bond acceptors (Lipinski definition) is 27. The summed E-state index contributed by atoms with van der Waals surface area (Å²) >= 11 is 0. The SMILES string of the molecule is CO[C@@H]1[C@H](P(=O)(O)OC[C@H]2O[C@@H](n3cnc4c(=O)[nH]c(N)nc43)[C@H](O)[C@@H]2O)[C@@H](COP(=O)(O)OP(=O)(O)OP(=O)(O)OC[C@H]2O[C@@H]([n+]3cn(C)c4c(=O)[nH]c(N)nc43)[C@H](O)[C@@H]2CC(=O)N(C)C)O[C@H]1n1ccc(N)nc1=O. The van der Waals surface area contributed by atoms with Crippen LogP contribution in [0, 0.1) is 5.92 Å². The number of hydrogen-bond donors (Lipinski definition) is 12. The number of anilines is 3. The van der Waals surface area contributed by atoms with Crippen molar-refractivity contribution in [2.45, 2.75) is 73.5 Å². The summed E-state index contributed by atoms with van der Waals surface area (Å²) in [6.07, 6.45) is -13.9. The Morgan fingerprint density at radius 1 is 0.792 bits per heavy atom. The van der Waals surface area contributed by atoms with E-state index < -0.39 is 153 Å². The zero-order chi connectivity index (χ0) is 56.4. The molecule has 15 N–H and O–H groups in total. The second-order valence-corrected chi connectivity index (χ2v) is 24.2. The fraction of sp³-hybridized carbons (Fsp3) is 0.571. The van der Waals surface area contributed by atoms with Crippen molar-refractivity contribution in [2.24, 2.45) is 13.0 Å². The van der Waals surface area contributed by atoms with Crippen molar-refractivity contribution >= 4 is 77.0 Å². The van der Waals surface area contributed by atoms with Gasteiger partial charge < -0.3 is 80.5 Å². The topological polar surface area (TPSA) is 544 Å². The minimum Gasteiger partial charge on any atom is -0.387 e. The molecule has 8 rings (SSSR count). The predicted molar refractivity (Wildman–Crippen MR) is 252 cm³/mol. The molecule has 38 nitrogen and oxygen atoms in total. The molecule has 3 aliphatic heterocycles. The highest BCUT2D eigenvalue weighted by Crippen LogP contribution is 2.68. The maximum Gasteiger partial charge on any atom is 0.490 e. The molecule has 3 aliphatic rings. The maximum atomic E-state index is 14.3. The number of fused-ring (bicyclic) bond motifs is 2. The van der Waals surface area contributed by atoms with E-state index in [0.717, 1.165) is 39.7 Å². The van der Waals surface area contributed by atoms with Gasteiger partial charge in [-0.05, 0) is 6.07 Å². The lowest BCUT2D eigenvalue weighted by molar-refractivity contribution is -0.745. The number of methoxy groups -OCH3 is 1. The first-order chi connectivity index (χ1) is 35.9. The molecular weight excluding hydrogens is 1120 g/mol. The molecule has 16 atom stereocenters. The van der Waals surface area contributed by atoms with Crippen molar-refractivity contribution < 1.29 is 104 Å². The van der Waals surface area contributed by atoms with Crippen molar-refractivity contribution in [1.29, 1.82) is 0 Å². The third-order valence-electron chi connectivity index (χ3n) is 12.3. The number of nitrogen functional groups attached to an aromatic ring is 3. The van der Waals surface area contributed by atoms with Gasteiger partial charge in [0, 0.05) is 39.7 Å². The number of phosphoric ester groups is 2. The molecule has 0 bridgehead atoms. The highest BCUT2D eigenvalue weighted by molar-refractivity contribution is 7.66. The van der Waals surface area contributed by atoms with Gasteiger partial charge in [0.05, 0.1) is 39.3 Å². The highest BCUT2D eigenvalue weighted by atomic mass is 31.3. The summed E-state index contributed by atoms with van der Waals surface area (Å²) in [6, 6.07) is 1.13. The summed E-state index contributed by atoms with van der Waals surface area (Å²) in [5.74, 6) is -2.72. The molecule has 77 heavy (non-hydrogen) atoms. The van der Waals surface area contributed by atoms with Gasteiger partial charge in [-0.15, -0.1) is 0 Å². The number of phosphoric acid groups is 3. The number of aliphatic hydroxyl groups excluding tert-OH is 3. The Balaban J connectivity index is 0.957. The summed E-state index contributed by atoms with van der Waals surface area (Å²) in [7, 11) is -18.3. The monoisotopic (exact) mass is 1180 g/mol. The van der Waals surface area contributed by atoms with Crippen LogP contribution in [-0.2, 0) is 71.2 Å². The lowest BCUT2D eigenvalue weighted by Crippen LogP contribution is -2.45. The van der Waals surface area contributed by atoms with E-state index >= 15 is 0 Å². The van der Waals surface area contributed by atoms with Gasteiger partial charge in [0.25, 0.3) is 17.1 Å². The van der Waals surface area contributed by atoms with Gasteiger partial charge in [-0.2, -0.15) is 18.6 Å². The van der Waals surface area contributed by atoms with Crippen LogP contribution < -0.4 is 38.6 Å². The number of aryl methyl sites for hydroxylation is 1. The van der Waals surface area contributed by atoms with Gasteiger partial charge in [-0.1, -0.05) is 4.98 Å². The van der Waals surface area contributed by atoms with Crippen molar-refractivity contribution in [3.05, 3.63) is 56.1 Å². The van der Waals surface area contributed by atoms with Crippen LogP contribution in [0.2, 0.25) is 0 Å². The Morgan fingerprint density at radius 3 is 2.04 bits per heavy atom. The van der Waals surface area contributed by atoms with Crippen LogP contribution in [0.5, 0.6) is 0 Å². The summed E-state index contributed by atoms with van der Waals surface area (Å²) in [6.45, 7) is -3.46. The Bertz CT molecular complexity index is 3450. The molecule has 0 saturated carbocycles. The van der Waals surface area contributed by atoms with Crippen molar-refractivity contribution in [2.75, 3.05) is 58.2 Å².